The summed E-state index contributed by atoms with van der Waals surface area (Å²) in [6.45, 7) is 8.58. The second-order valence-corrected chi connectivity index (χ2v) is 1.54. The predicted octanol–water partition coefficient (Wildman–Crippen LogP) is 1.47. The molecule has 0 unspecified atom stereocenters. The summed E-state index contributed by atoms with van der Waals surface area (Å²) < 4.78 is 0. The number of nitrogens with one attached hydrogen (secondary N) is 1. The molecular formula is C7H11N3. The molecule has 0 spiro atoms. The van der Waals surface area contributed by atoms with E-state index in [0.29, 0.717) is 0 Å². The summed E-state index contributed by atoms with van der Waals surface area (Å²) >= 11 is 0. The van der Waals surface area contributed by atoms with Crippen LogP contribution in [0.5, 0.6) is 0 Å². The van der Waals surface area contributed by atoms with E-state index < -0.39 is 0 Å². The number of rotatable bonds is 1. The van der Waals surface area contributed by atoms with Gasteiger partial charge in [-0.1, -0.05) is 25.3 Å². The lowest BCUT2D eigenvalue weighted by atomic mass is 10.6. The first kappa shape index (κ1) is 8.62. The Morgan fingerprint density at radius 3 is 2.20 bits per heavy atom. The van der Waals surface area contributed by atoms with Crippen LogP contribution in [-0.2, 0) is 0 Å². The third-order valence-electron chi connectivity index (χ3n) is 0.702. The van der Waals surface area contributed by atoms with Crippen LogP contribution < -0.4 is 0 Å². The highest BCUT2D eigenvalue weighted by Gasteiger charge is 1.75. The summed E-state index contributed by atoms with van der Waals surface area (Å²) in [5.74, 6) is 0.856. The first-order valence-electron chi connectivity index (χ1n) is 2.86. The monoisotopic (exact) mass is 137 g/mol. The van der Waals surface area contributed by atoms with Gasteiger partial charge in [0.25, 0.3) is 0 Å². The SMILES string of the molecule is C=CC=C.Cc1ncn[nH]1. The van der Waals surface area contributed by atoms with E-state index in [9.17, 15) is 0 Å². The predicted molar refractivity (Wildman–Crippen MR) is 41.5 cm³/mol. The molecule has 1 N–H and O–H groups in total. The molecule has 1 aromatic heterocycles. The lowest BCUT2D eigenvalue weighted by Gasteiger charge is -1.66. The Labute approximate surface area is 60.5 Å². The van der Waals surface area contributed by atoms with E-state index >= 15 is 0 Å². The first-order chi connectivity index (χ1) is 4.81. The molecule has 0 atom stereocenters. The maximum Gasteiger partial charge on any atom is 0.137 e. The number of hydrogen-bond donors (Lipinski definition) is 1. The number of H-pyrrole nitrogens is 1. The minimum atomic E-state index is 0.856. The Morgan fingerprint density at radius 2 is 2.10 bits per heavy atom. The number of hydrogen-bond acceptors (Lipinski definition) is 2. The van der Waals surface area contributed by atoms with Gasteiger partial charge < -0.3 is 0 Å². The van der Waals surface area contributed by atoms with Crippen molar-refractivity contribution in [3.8, 4) is 0 Å². The smallest absolute Gasteiger partial charge is 0.137 e. The fraction of sp³-hybridized carbons (Fsp3) is 0.143. The normalized spacial score (nSPS) is 7.30. The fourth-order valence-corrected chi connectivity index (χ4v) is 0.267. The molecule has 54 valence electrons. The summed E-state index contributed by atoms with van der Waals surface area (Å²) in [4.78, 5) is 3.75. The van der Waals surface area contributed by atoms with Gasteiger partial charge in [0.2, 0.25) is 0 Å². The number of allylic oxidation sites excluding steroid dienone is 2. The highest BCUT2D eigenvalue weighted by atomic mass is 15.2. The van der Waals surface area contributed by atoms with Crippen LogP contribution >= 0.6 is 0 Å². The van der Waals surface area contributed by atoms with Crippen molar-refractivity contribution < 1.29 is 0 Å². The lowest BCUT2D eigenvalue weighted by Crippen LogP contribution is -1.68. The molecular weight excluding hydrogens is 126 g/mol. The minimum Gasteiger partial charge on any atom is -0.264 e. The van der Waals surface area contributed by atoms with E-state index in [2.05, 4.69) is 28.3 Å². The summed E-state index contributed by atoms with van der Waals surface area (Å²) in [6.07, 6.45) is 4.76. The fourth-order valence-electron chi connectivity index (χ4n) is 0.267. The van der Waals surface area contributed by atoms with E-state index in [0.717, 1.165) is 5.82 Å². The number of aromatic nitrogens is 3. The van der Waals surface area contributed by atoms with Gasteiger partial charge in [0.05, 0.1) is 0 Å². The molecule has 0 saturated heterocycles. The van der Waals surface area contributed by atoms with Gasteiger partial charge >= 0.3 is 0 Å². The maximum atomic E-state index is 3.75. The summed E-state index contributed by atoms with van der Waals surface area (Å²) in [5.41, 5.74) is 0. The zero-order chi connectivity index (χ0) is 7.82. The molecule has 0 saturated carbocycles. The average Bonchev–Trinajstić information content (AvgIpc) is 2.40. The summed E-state index contributed by atoms with van der Waals surface area (Å²) in [6, 6.07) is 0. The topological polar surface area (TPSA) is 41.6 Å². The van der Waals surface area contributed by atoms with Crippen LogP contribution in [0.4, 0.5) is 0 Å². The minimum absolute atomic E-state index is 0.856. The van der Waals surface area contributed by atoms with Gasteiger partial charge in [0, 0.05) is 0 Å². The van der Waals surface area contributed by atoms with Crippen LogP contribution in [0.25, 0.3) is 0 Å². The van der Waals surface area contributed by atoms with Gasteiger partial charge in [-0.2, -0.15) is 5.10 Å². The molecule has 10 heavy (non-hydrogen) atoms. The molecule has 3 heteroatoms. The molecule has 0 bridgehead atoms. The van der Waals surface area contributed by atoms with Crippen LogP contribution in [0, 0.1) is 6.92 Å². The van der Waals surface area contributed by atoms with Crippen LogP contribution in [0.1, 0.15) is 5.82 Å². The van der Waals surface area contributed by atoms with Gasteiger partial charge in [-0.25, -0.2) is 4.98 Å². The number of nitrogens with zero attached hydrogens (tertiary/aromatic N) is 2. The van der Waals surface area contributed by atoms with Crippen molar-refractivity contribution in [3.05, 3.63) is 37.5 Å². The highest BCUT2D eigenvalue weighted by molar-refractivity contribution is 4.88. The molecule has 0 aromatic carbocycles. The molecule has 0 aliphatic heterocycles. The Balaban J connectivity index is 0.000000180. The zero-order valence-corrected chi connectivity index (χ0v) is 6.04. The Kier molecular flexibility index (Phi) is 4.96. The van der Waals surface area contributed by atoms with Gasteiger partial charge in [0.1, 0.15) is 12.2 Å². The quantitative estimate of drug-likeness (QED) is 0.595. The van der Waals surface area contributed by atoms with Gasteiger partial charge in [-0.3, -0.25) is 5.10 Å². The Bertz CT molecular complexity index is 171. The zero-order valence-electron chi connectivity index (χ0n) is 6.04. The third kappa shape index (κ3) is 4.77. The van der Waals surface area contributed by atoms with Gasteiger partial charge in [0.15, 0.2) is 0 Å². The van der Waals surface area contributed by atoms with E-state index in [1.54, 1.807) is 12.2 Å². The third-order valence-corrected chi connectivity index (χ3v) is 0.702. The molecule has 0 radical (unpaired) electrons. The van der Waals surface area contributed by atoms with Crippen LogP contribution in [0.2, 0.25) is 0 Å². The first-order valence-corrected chi connectivity index (χ1v) is 2.86. The Hall–Kier alpha value is -1.38. The molecule has 0 aliphatic carbocycles. The van der Waals surface area contributed by atoms with Gasteiger partial charge in [-0.15, -0.1) is 0 Å². The molecule has 1 rings (SSSR count). The second-order valence-electron chi connectivity index (χ2n) is 1.54. The molecule has 1 heterocycles. The van der Waals surface area contributed by atoms with Crippen molar-refractivity contribution >= 4 is 0 Å². The van der Waals surface area contributed by atoms with Crippen molar-refractivity contribution in [1.29, 1.82) is 0 Å². The van der Waals surface area contributed by atoms with Crippen molar-refractivity contribution in [1.82, 2.24) is 15.2 Å². The molecule has 0 fully saturated rings. The van der Waals surface area contributed by atoms with Crippen molar-refractivity contribution in [3.63, 3.8) is 0 Å². The average molecular weight is 137 g/mol. The van der Waals surface area contributed by atoms with Crippen LogP contribution in [0.15, 0.2) is 31.6 Å². The van der Waals surface area contributed by atoms with Crippen molar-refractivity contribution in [2.45, 2.75) is 6.92 Å². The molecule has 0 aliphatic rings. The van der Waals surface area contributed by atoms with E-state index in [1.165, 1.54) is 6.33 Å². The molecule has 1 aromatic rings. The van der Waals surface area contributed by atoms with Crippen LogP contribution in [0.3, 0.4) is 0 Å². The standard InChI is InChI=1S/C4H6.C3H5N3/c1-3-4-2;1-3-4-2-5-6-3/h3-4H,1-2H2;2H,1H3,(H,4,5,6). The molecule has 3 nitrogen and oxygen atoms in total. The highest BCUT2D eigenvalue weighted by Crippen LogP contribution is 1.73. The summed E-state index contributed by atoms with van der Waals surface area (Å²) in [7, 11) is 0. The van der Waals surface area contributed by atoms with E-state index in [1.807, 2.05) is 6.92 Å². The van der Waals surface area contributed by atoms with Crippen LogP contribution in [-0.4, -0.2) is 15.2 Å². The number of aryl methyl sites for hydroxylation is 1. The van der Waals surface area contributed by atoms with Gasteiger partial charge in [-0.05, 0) is 6.92 Å². The Morgan fingerprint density at radius 1 is 1.50 bits per heavy atom. The lowest BCUT2D eigenvalue weighted by molar-refractivity contribution is 1.04. The largest absolute Gasteiger partial charge is 0.264 e. The van der Waals surface area contributed by atoms with E-state index in [-0.39, 0.29) is 0 Å². The molecule has 0 amide bonds. The van der Waals surface area contributed by atoms with Crippen molar-refractivity contribution in [2.24, 2.45) is 0 Å². The van der Waals surface area contributed by atoms with Crippen molar-refractivity contribution in [2.75, 3.05) is 0 Å². The second kappa shape index (κ2) is 5.75. The summed E-state index contributed by atoms with van der Waals surface area (Å²) in [5, 5.41) is 6.22. The van der Waals surface area contributed by atoms with E-state index in [4.69, 9.17) is 0 Å². The maximum absolute atomic E-state index is 3.75. The number of aromatic amines is 1.